The Labute approximate surface area is 193 Å². The van der Waals surface area contributed by atoms with Crippen molar-refractivity contribution in [2.75, 3.05) is 5.32 Å². The summed E-state index contributed by atoms with van der Waals surface area (Å²) in [6.45, 7) is 6.84. The fourth-order valence-electron chi connectivity index (χ4n) is 4.01. The number of pyridine rings is 1. The lowest BCUT2D eigenvalue weighted by Crippen LogP contribution is -2.06. The van der Waals surface area contributed by atoms with Gasteiger partial charge in [-0.25, -0.2) is 9.37 Å². The number of hydrogen-bond donors (Lipinski definition) is 1. The molecule has 0 fully saturated rings. The minimum atomic E-state index is -0.243. The Kier molecular flexibility index (Phi) is 6.61. The summed E-state index contributed by atoms with van der Waals surface area (Å²) in [5.41, 5.74) is 7.24. The number of rotatable bonds is 7. The first-order chi connectivity index (χ1) is 15.4. The van der Waals surface area contributed by atoms with Crippen molar-refractivity contribution in [3.05, 3.63) is 111 Å². The molecular formula is C27H27ClFN3. The molecule has 1 N–H and O–H groups in total. The van der Waals surface area contributed by atoms with Crippen LogP contribution in [0.4, 0.5) is 10.1 Å². The van der Waals surface area contributed by atoms with Crippen LogP contribution in [0, 0.1) is 26.6 Å². The van der Waals surface area contributed by atoms with E-state index in [1.54, 1.807) is 6.07 Å². The largest absolute Gasteiger partial charge is 0.381 e. The third-order valence-electron chi connectivity index (χ3n) is 5.52. The highest BCUT2D eigenvalue weighted by Crippen LogP contribution is 2.20. The van der Waals surface area contributed by atoms with Crippen molar-refractivity contribution in [1.29, 1.82) is 0 Å². The predicted molar refractivity (Wildman–Crippen MR) is 130 cm³/mol. The molecule has 0 unspecified atom stereocenters. The van der Waals surface area contributed by atoms with Crippen LogP contribution in [0.15, 0.2) is 66.7 Å². The molecule has 2 aromatic carbocycles. The highest BCUT2D eigenvalue weighted by molar-refractivity contribution is 6.30. The number of nitrogens with zero attached hydrogens (tertiary/aromatic N) is 2. The molecule has 0 amide bonds. The summed E-state index contributed by atoms with van der Waals surface area (Å²) >= 11 is 6.05. The Morgan fingerprint density at radius 2 is 1.66 bits per heavy atom. The predicted octanol–water partition coefficient (Wildman–Crippen LogP) is 6.99. The number of anilines is 1. The second-order valence-corrected chi connectivity index (χ2v) is 8.71. The van der Waals surface area contributed by atoms with Gasteiger partial charge in [-0.15, -0.1) is 0 Å². The fourth-order valence-corrected chi connectivity index (χ4v) is 4.23. The van der Waals surface area contributed by atoms with Gasteiger partial charge >= 0.3 is 0 Å². The third-order valence-corrected chi connectivity index (χ3v) is 5.76. The van der Waals surface area contributed by atoms with E-state index >= 15 is 0 Å². The van der Waals surface area contributed by atoms with Crippen LogP contribution in [-0.2, 0) is 19.4 Å². The summed E-state index contributed by atoms with van der Waals surface area (Å²) in [6, 6.07) is 21.2. The van der Waals surface area contributed by atoms with Crippen LogP contribution in [0.2, 0.25) is 5.02 Å². The smallest absolute Gasteiger partial charge is 0.137 e. The number of benzene rings is 2. The summed E-state index contributed by atoms with van der Waals surface area (Å²) in [5.74, 6) is 0.690. The Morgan fingerprint density at radius 3 is 2.41 bits per heavy atom. The van der Waals surface area contributed by atoms with E-state index in [2.05, 4.69) is 54.9 Å². The van der Waals surface area contributed by atoms with Crippen molar-refractivity contribution < 1.29 is 4.39 Å². The molecule has 0 aliphatic rings. The highest BCUT2D eigenvalue weighted by atomic mass is 35.5. The lowest BCUT2D eigenvalue weighted by molar-refractivity contribution is 0.625. The van der Waals surface area contributed by atoms with E-state index in [1.165, 1.54) is 11.6 Å². The Balaban J connectivity index is 1.48. The number of hydrogen-bond acceptors (Lipinski definition) is 2. The normalized spacial score (nSPS) is 11.0. The topological polar surface area (TPSA) is 29.9 Å². The summed E-state index contributed by atoms with van der Waals surface area (Å²) in [5, 5.41) is 3.99. The summed E-state index contributed by atoms with van der Waals surface area (Å²) in [4.78, 5) is 4.88. The summed E-state index contributed by atoms with van der Waals surface area (Å²) < 4.78 is 16.4. The van der Waals surface area contributed by atoms with Crippen molar-refractivity contribution >= 4 is 17.3 Å². The molecule has 4 rings (SSSR count). The van der Waals surface area contributed by atoms with Crippen molar-refractivity contribution in [2.24, 2.45) is 0 Å². The zero-order valence-electron chi connectivity index (χ0n) is 18.6. The second-order valence-electron chi connectivity index (χ2n) is 8.28. The van der Waals surface area contributed by atoms with Crippen LogP contribution in [0.1, 0.15) is 33.8 Å². The molecule has 0 saturated heterocycles. The quantitative estimate of drug-likeness (QED) is 0.331. The van der Waals surface area contributed by atoms with Crippen molar-refractivity contribution in [2.45, 2.75) is 40.2 Å². The molecule has 0 aliphatic heterocycles. The molecule has 2 aromatic heterocycles. The van der Waals surface area contributed by atoms with E-state index in [9.17, 15) is 4.39 Å². The van der Waals surface area contributed by atoms with E-state index in [1.807, 2.05) is 30.3 Å². The number of nitrogens with one attached hydrogen (secondary N) is 1. The van der Waals surface area contributed by atoms with E-state index in [0.717, 1.165) is 46.1 Å². The standard InChI is InChI=1S/C27H27ClFN3/c1-18-11-25(31-27(12-18)32-19(2)7-8-20(32)3)10-9-21-14-24(29)16-26(15-21)30-17-22-5-4-6-23(28)13-22/h4-8,11-16,30H,9-10,17H2,1-3H3. The fraction of sp³-hybridized carbons (Fsp3) is 0.222. The lowest BCUT2D eigenvalue weighted by atomic mass is 10.1. The second kappa shape index (κ2) is 9.58. The molecule has 0 atom stereocenters. The van der Waals surface area contributed by atoms with E-state index in [-0.39, 0.29) is 5.82 Å². The molecule has 164 valence electrons. The van der Waals surface area contributed by atoms with Crippen LogP contribution in [0.5, 0.6) is 0 Å². The van der Waals surface area contributed by atoms with Gasteiger partial charge in [0.25, 0.3) is 0 Å². The summed E-state index contributed by atoms with van der Waals surface area (Å²) in [6.07, 6.45) is 1.45. The lowest BCUT2D eigenvalue weighted by Gasteiger charge is -2.12. The van der Waals surface area contributed by atoms with Gasteiger partial charge in [0.1, 0.15) is 11.6 Å². The van der Waals surface area contributed by atoms with E-state index in [0.29, 0.717) is 18.0 Å². The van der Waals surface area contributed by atoms with Crippen LogP contribution in [0.3, 0.4) is 0 Å². The number of aromatic nitrogens is 2. The molecular weight excluding hydrogens is 421 g/mol. The van der Waals surface area contributed by atoms with Gasteiger partial charge < -0.3 is 9.88 Å². The molecule has 2 heterocycles. The average Bonchev–Trinajstić information content (AvgIpc) is 3.08. The van der Waals surface area contributed by atoms with Crippen LogP contribution >= 0.6 is 11.6 Å². The zero-order valence-corrected chi connectivity index (χ0v) is 19.4. The van der Waals surface area contributed by atoms with Crippen molar-refractivity contribution in [3.8, 4) is 5.82 Å². The van der Waals surface area contributed by atoms with Gasteiger partial charge in [-0.05, 0) is 105 Å². The van der Waals surface area contributed by atoms with Gasteiger partial charge in [0.05, 0.1) is 0 Å². The van der Waals surface area contributed by atoms with Crippen LogP contribution < -0.4 is 5.32 Å². The molecule has 0 bridgehead atoms. The number of halogens is 2. The van der Waals surface area contributed by atoms with Crippen molar-refractivity contribution in [3.63, 3.8) is 0 Å². The van der Waals surface area contributed by atoms with Crippen molar-refractivity contribution in [1.82, 2.24) is 9.55 Å². The molecule has 0 spiro atoms. The molecule has 0 radical (unpaired) electrons. The molecule has 5 heteroatoms. The maximum atomic E-state index is 14.3. The van der Waals surface area contributed by atoms with Crippen LogP contribution in [-0.4, -0.2) is 9.55 Å². The Hall–Kier alpha value is -3.11. The molecule has 4 aromatic rings. The Bertz CT molecular complexity index is 1230. The first-order valence-corrected chi connectivity index (χ1v) is 11.2. The summed E-state index contributed by atoms with van der Waals surface area (Å²) in [7, 11) is 0. The van der Waals surface area contributed by atoms with Gasteiger partial charge in [-0.3, -0.25) is 0 Å². The first-order valence-electron chi connectivity index (χ1n) is 10.8. The third kappa shape index (κ3) is 5.38. The van der Waals surface area contributed by atoms with Crippen LogP contribution in [0.25, 0.3) is 5.82 Å². The van der Waals surface area contributed by atoms with Gasteiger partial charge in [0.2, 0.25) is 0 Å². The monoisotopic (exact) mass is 447 g/mol. The SMILES string of the molecule is Cc1cc(CCc2cc(F)cc(NCc3cccc(Cl)c3)c2)nc(-n2c(C)ccc2C)c1. The maximum absolute atomic E-state index is 14.3. The van der Waals surface area contributed by atoms with Gasteiger partial charge in [0, 0.05) is 34.3 Å². The maximum Gasteiger partial charge on any atom is 0.137 e. The minimum absolute atomic E-state index is 0.243. The van der Waals surface area contributed by atoms with Gasteiger partial charge in [0.15, 0.2) is 0 Å². The average molecular weight is 448 g/mol. The number of aryl methyl sites for hydroxylation is 5. The molecule has 3 nitrogen and oxygen atoms in total. The highest BCUT2D eigenvalue weighted by Gasteiger charge is 2.09. The minimum Gasteiger partial charge on any atom is -0.381 e. The molecule has 0 saturated carbocycles. The molecule has 32 heavy (non-hydrogen) atoms. The van der Waals surface area contributed by atoms with E-state index < -0.39 is 0 Å². The van der Waals surface area contributed by atoms with Gasteiger partial charge in [-0.2, -0.15) is 0 Å². The molecule has 0 aliphatic carbocycles. The zero-order chi connectivity index (χ0) is 22.7. The first kappa shape index (κ1) is 22.1. The van der Waals surface area contributed by atoms with Gasteiger partial charge in [-0.1, -0.05) is 23.7 Å². The Morgan fingerprint density at radius 1 is 0.875 bits per heavy atom. The van der Waals surface area contributed by atoms with E-state index in [4.69, 9.17) is 16.6 Å².